The number of rotatable bonds is 14. The summed E-state index contributed by atoms with van der Waals surface area (Å²) < 4.78 is 35.1. The Morgan fingerprint density at radius 3 is 1.91 bits per heavy atom. The molecule has 0 aromatic carbocycles. The summed E-state index contributed by atoms with van der Waals surface area (Å²) in [6.45, 7) is 5.11. The van der Waals surface area contributed by atoms with Gasteiger partial charge in [0.2, 0.25) is 0 Å². The van der Waals surface area contributed by atoms with E-state index in [1.807, 2.05) is 6.92 Å². The average molecular weight is 358 g/mol. The maximum atomic E-state index is 11.6. The third-order valence-corrected chi connectivity index (χ3v) is 3.63. The van der Waals surface area contributed by atoms with Gasteiger partial charge in [0.1, 0.15) is 0 Å². The molecule has 0 aromatic heterocycles. The lowest BCUT2D eigenvalue weighted by molar-refractivity contribution is -0.156. The van der Waals surface area contributed by atoms with E-state index in [-0.39, 0.29) is 32.4 Å². The minimum Gasteiger partial charge on any atom is -0.469 e. The normalized spacial score (nSPS) is 14.5. The van der Waals surface area contributed by atoms with Crippen molar-refractivity contribution in [2.45, 2.75) is 20.3 Å². The fourth-order valence-corrected chi connectivity index (χ4v) is 1.82. The van der Waals surface area contributed by atoms with Crippen LogP contribution in [-0.4, -0.2) is 69.1 Å². The van der Waals surface area contributed by atoms with Crippen molar-refractivity contribution >= 4 is 13.8 Å². The van der Waals surface area contributed by atoms with Crippen LogP contribution in [0.15, 0.2) is 0 Å². The van der Waals surface area contributed by atoms with Gasteiger partial charge in [-0.25, -0.2) is 4.57 Å². The molecule has 0 aliphatic rings. The molecule has 10 heteroatoms. The summed E-state index contributed by atoms with van der Waals surface area (Å²) in [6, 6.07) is 0. The van der Waals surface area contributed by atoms with Crippen LogP contribution in [0.4, 0.5) is 0 Å². The van der Waals surface area contributed by atoms with Gasteiger partial charge >= 0.3 is 13.8 Å². The molecule has 2 N–H and O–H groups in total. The van der Waals surface area contributed by atoms with E-state index in [0.29, 0.717) is 26.2 Å². The number of carbonyl (C=O) groups excluding carboxylic acids is 1. The zero-order chi connectivity index (χ0) is 17.8. The Morgan fingerprint density at radius 2 is 1.48 bits per heavy atom. The number of hydrogen-bond acceptors (Lipinski definition) is 7. The van der Waals surface area contributed by atoms with Crippen LogP contribution in [0.5, 0.6) is 0 Å². The highest BCUT2D eigenvalue weighted by Crippen LogP contribution is 2.35. The molecule has 0 aliphatic heterocycles. The Kier molecular flexibility index (Phi) is 11.6. The molecule has 0 amide bonds. The highest BCUT2D eigenvalue weighted by atomic mass is 31.2. The lowest BCUT2D eigenvalue weighted by Crippen LogP contribution is -2.33. The van der Waals surface area contributed by atoms with E-state index in [0.717, 1.165) is 0 Å². The van der Waals surface area contributed by atoms with Crippen LogP contribution in [0.25, 0.3) is 0 Å². The Hall–Kier alpha value is -0.540. The number of hydrogen-bond donors (Lipinski definition) is 2. The van der Waals surface area contributed by atoms with Gasteiger partial charge in [-0.15, -0.1) is 0 Å². The van der Waals surface area contributed by atoms with E-state index in [4.69, 9.17) is 28.7 Å². The van der Waals surface area contributed by atoms with Crippen molar-refractivity contribution in [3.05, 3.63) is 0 Å². The molecule has 0 aliphatic carbocycles. The number of phosphoric acid groups is 1. The van der Waals surface area contributed by atoms with E-state index >= 15 is 0 Å². The Morgan fingerprint density at radius 1 is 1.00 bits per heavy atom. The molecule has 1 atom stereocenters. The number of esters is 1. The van der Waals surface area contributed by atoms with E-state index in [9.17, 15) is 9.36 Å². The predicted octanol–water partition coefficient (Wildman–Crippen LogP) is 0.735. The highest BCUT2D eigenvalue weighted by Gasteiger charge is 2.32. The fraction of sp³-hybridized carbons (Fsp3) is 0.923. The van der Waals surface area contributed by atoms with Gasteiger partial charge in [0.25, 0.3) is 0 Å². The molecular formula is C13H27O9P. The second-order valence-corrected chi connectivity index (χ2v) is 6.25. The summed E-state index contributed by atoms with van der Waals surface area (Å²) in [5.41, 5.74) is -0.656. The number of methoxy groups -OCH3 is 1. The standard InChI is InChI=1S/C13H27O9P/c1-4-13(2,12(14)18-3)11-21-8-7-19-5-6-20-9-10-22-23(15,16)17/h4-11H2,1-3H3,(H2,15,16,17). The van der Waals surface area contributed by atoms with Crippen LogP contribution in [-0.2, 0) is 32.8 Å². The molecule has 0 fully saturated rings. The topological polar surface area (TPSA) is 121 Å². The summed E-state index contributed by atoms with van der Waals surface area (Å²) in [6.07, 6.45) is 0.616. The van der Waals surface area contributed by atoms with E-state index in [2.05, 4.69) is 4.52 Å². The third kappa shape index (κ3) is 11.6. The maximum absolute atomic E-state index is 11.6. The molecule has 0 aromatic rings. The van der Waals surface area contributed by atoms with Gasteiger partial charge in [0.15, 0.2) is 0 Å². The Labute approximate surface area is 136 Å². The van der Waals surface area contributed by atoms with Crippen molar-refractivity contribution in [1.29, 1.82) is 0 Å². The first-order valence-corrected chi connectivity index (χ1v) is 8.80. The summed E-state index contributed by atoms with van der Waals surface area (Å²) in [7, 11) is -3.08. The van der Waals surface area contributed by atoms with Crippen molar-refractivity contribution in [1.82, 2.24) is 0 Å². The fourth-order valence-electron chi connectivity index (χ4n) is 1.50. The van der Waals surface area contributed by atoms with Crippen LogP contribution in [0.2, 0.25) is 0 Å². The smallest absolute Gasteiger partial charge is 0.469 e. The molecule has 0 rings (SSSR count). The number of carbonyl (C=O) groups is 1. The Bertz CT molecular complexity index is 370. The molecule has 0 saturated carbocycles. The van der Waals surface area contributed by atoms with Crippen LogP contribution < -0.4 is 0 Å². The first kappa shape index (κ1) is 22.5. The second-order valence-electron chi connectivity index (χ2n) is 5.01. The average Bonchev–Trinajstić information content (AvgIpc) is 2.50. The van der Waals surface area contributed by atoms with Crippen molar-refractivity contribution in [3.8, 4) is 0 Å². The second kappa shape index (κ2) is 11.9. The van der Waals surface area contributed by atoms with Gasteiger partial charge in [-0.1, -0.05) is 6.92 Å². The van der Waals surface area contributed by atoms with Gasteiger partial charge in [0.05, 0.1) is 58.8 Å². The van der Waals surface area contributed by atoms with Gasteiger partial charge < -0.3 is 28.7 Å². The van der Waals surface area contributed by atoms with Crippen LogP contribution in [0.3, 0.4) is 0 Å². The van der Waals surface area contributed by atoms with Gasteiger partial charge in [-0.2, -0.15) is 0 Å². The minimum atomic E-state index is -4.43. The monoisotopic (exact) mass is 358 g/mol. The first-order valence-electron chi connectivity index (χ1n) is 7.27. The van der Waals surface area contributed by atoms with E-state index in [1.54, 1.807) is 6.92 Å². The molecular weight excluding hydrogens is 331 g/mol. The molecule has 0 bridgehead atoms. The molecule has 23 heavy (non-hydrogen) atoms. The van der Waals surface area contributed by atoms with E-state index < -0.39 is 13.2 Å². The summed E-state index contributed by atoms with van der Waals surface area (Å²) in [5.74, 6) is -0.299. The largest absolute Gasteiger partial charge is 0.469 e. The highest BCUT2D eigenvalue weighted by molar-refractivity contribution is 7.46. The summed E-state index contributed by atoms with van der Waals surface area (Å²) in [4.78, 5) is 28.5. The summed E-state index contributed by atoms with van der Waals surface area (Å²) in [5, 5.41) is 0. The quantitative estimate of drug-likeness (QED) is 0.263. The molecule has 9 nitrogen and oxygen atoms in total. The molecule has 0 saturated heterocycles. The van der Waals surface area contributed by atoms with E-state index in [1.165, 1.54) is 7.11 Å². The van der Waals surface area contributed by atoms with Crippen molar-refractivity contribution in [2.75, 3.05) is 53.4 Å². The molecule has 0 heterocycles. The van der Waals surface area contributed by atoms with Gasteiger partial charge in [-0.05, 0) is 13.3 Å². The SMILES string of the molecule is CCC(C)(COCCOCCOCCOP(=O)(O)O)C(=O)OC. The van der Waals surface area contributed by atoms with Gasteiger partial charge in [-0.3, -0.25) is 9.32 Å². The number of phosphoric ester groups is 1. The molecule has 1 unspecified atom stereocenters. The lowest BCUT2D eigenvalue weighted by Gasteiger charge is -2.24. The third-order valence-electron chi connectivity index (χ3n) is 3.11. The van der Waals surface area contributed by atoms with Crippen LogP contribution in [0, 0.1) is 5.41 Å². The van der Waals surface area contributed by atoms with Crippen molar-refractivity contribution in [2.24, 2.45) is 5.41 Å². The van der Waals surface area contributed by atoms with Crippen LogP contribution >= 0.6 is 7.82 Å². The number of ether oxygens (including phenoxy) is 4. The minimum absolute atomic E-state index is 0.0684. The Balaban J connectivity index is 3.50. The lowest BCUT2D eigenvalue weighted by atomic mass is 9.89. The van der Waals surface area contributed by atoms with Crippen LogP contribution in [0.1, 0.15) is 20.3 Å². The molecule has 0 radical (unpaired) electrons. The maximum Gasteiger partial charge on any atom is 0.469 e. The predicted molar refractivity (Wildman–Crippen MR) is 80.9 cm³/mol. The molecule has 138 valence electrons. The first-order chi connectivity index (χ1) is 10.7. The van der Waals surface area contributed by atoms with Crippen molar-refractivity contribution in [3.63, 3.8) is 0 Å². The van der Waals surface area contributed by atoms with Crippen molar-refractivity contribution < 1.29 is 42.6 Å². The zero-order valence-corrected chi connectivity index (χ0v) is 14.8. The van der Waals surface area contributed by atoms with Gasteiger partial charge in [0, 0.05) is 0 Å². The molecule has 0 spiro atoms. The summed E-state index contributed by atoms with van der Waals surface area (Å²) >= 11 is 0. The zero-order valence-electron chi connectivity index (χ0n) is 13.9.